The Balaban J connectivity index is 1.32. The second-order valence-corrected chi connectivity index (χ2v) is 7.43. The molecule has 0 spiro atoms. The second-order valence-electron chi connectivity index (χ2n) is 7.43. The van der Waals surface area contributed by atoms with E-state index < -0.39 is 0 Å². The zero-order chi connectivity index (χ0) is 19.8. The van der Waals surface area contributed by atoms with Crippen LogP contribution in [-0.4, -0.2) is 34.0 Å². The van der Waals surface area contributed by atoms with Gasteiger partial charge in [0.15, 0.2) is 11.5 Å². The standard InChI is InChI=1S/C22H22N4O3/c1-25-11-17(10-24-25)19-13-26(12-16-4-2-3-5-18(16)19)22(27)23-9-15-6-7-20-21(8-15)29-14-28-20/h2-8,10-11,19H,9,12-14H2,1H3,(H,23,27). The summed E-state index contributed by atoms with van der Waals surface area (Å²) < 4.78 is 12.6. The van der Waals surface area contributed by atoms with E-state index in [0.717, 1.165) is 22.6 Å². The summed E-state index contributed by atoms with van der Waals surface area (Å²) in [4.78, 5) is 14.8. The lowest BCUT2D eigenvalue weighted by atomic mass is 9.86. The highest BCUT2D eigenvalue weighted by Gasteiger charge is 2.29. The van der Waals surface area contributed by atoms with Gasteiger partial charge in [-0.05, 0) is 34.4 Å². The number of hydrogen-bond donors (Lipinski definition) is 1. The number of nitrogens with zero attached hydrogens (tertiary/aromatic N) is 3. The van der Waals surface area contributed by atoms with E-state index in [-0.39, 0.29) is 18.7 Å². The highest BCUT2D eigenvalue weighted by atomic mass is 16.7. The van der Waals surface area contributed by atoms with Crippen LogP contribution in [-0.2, 0) is 20.1 Å². The van der Waals surface area contributed by atoms with Crippen LogP contribution in [0.2, 0.25) is 0 Å². The SMILES string of the molecule is Cn1cc(C2CN(C(=O)NCc3ccc4c(c3)OCO4)Cc3ccccc32)cn1. The number of aromatic nitrogens is 2. The maximum absolute atomic E-state index is 12.9. The fourth-order valence-corrected chi connectivity index (χ4v) is 4.01. The van der Waals surface area contributed by atoms with Crippen LogP contribution in [0.25, 0.3) is 0 Å². The van der Waals surface area contributed by atoms with Crippen LogP contribution >= 0.6 is 0 Å². The predicted molar refractivity (Wildman–Crippen MR) is 107 cm³/mol. The first-order valence-corrected chi connectivity index (χ1v) is 9.65. The third-order valence-electron chi connectivity index (χ3n) is 5.49. The number of nitrogens with one attached hydrogen (secondary N) is 1. The first kappa shape index (κ1) is 17.6. The normalized spacial score (nSPS) is 17.1. The monoisotopic (exact) mass is 390 g/mol. The Labute approximate surface area is 168 Å². The molecule has 0 radical (unpaired) electrons. The van der Waals surface area contributed by atoms with E-state index in [2.05, 4.69) is 28.6 Å². The number of fused-ring (bicyclic) bond motifs is 2. The maximum atomic E-state index is 12.9. The molecule has 29 heavy (non-hydrogen) atoms. The topological polar surface area (TPSA) is 68.6 Å². The van der Waals surface area contributed by atoms with E-state index in [1.807, 2.05) is 48.6 Å². The zero-order valence-electron chi connectivity index (χ0n) is 16.2. The number of benzene rings is 2. The number of hydrogen-bond acceptors (Lipinski definition) is 4. The first-order chi connectivity index (χ1) is 14.2. The lowest BCUT2D eigenvalue weighted by Gasteiger charge is -2.34. The highest BCUT2D eigenvalue weighted by Crippen LogP contribution is 2.34. The summed E-state index contributed by atoms with van der Waals surface area (Å²) >= 11 is 0. The van der Waals surface area contributed by atoms with Crippen LogP contribution in [0.15, 0.2) is 54.9 Å². The average Bonchev–Trinajstić information content (AvgIpc) is 3.39. The smallest absolute Gasteiger partial charge is 0.317 e. The molecule has 2 aromatic carbocycles. The minimum absolute atomic E-state index is 0.0777. The van der Waals surface area contributed by atoms with E-state index >= 15 is 0 Å². The van der Waals surface area contributed by atoms with Gasteiger partial charge in [0, 0.05) is 38.8 Å². The zero-order valence-corrected chi connectivity index (χ0v) is 16.2. The van der Waals surface area contributed by atoms with Crippen molar-refractivity contribution < 1.29 is 14.3 Å². The van der Waals surface area contributed by atoms with Gasteiger partial charge >= 0.3 is 6.03 Å². The summed E-state index contributed by atoms with van der Waals surface area (Å²) in [7, 11) is 1.91. The molecule has 0 saturated carbocycles. The van der Waals surface area contributed by atoms with Gasteiger partial charge in [0.05, 0.1) is 6.20 Å². The minimum atomic E-state index is -0.0777. The molecule has 148 valence electrons. The molecule has 1 aromatic heterocycles. The van der Waals surface area contributed by atoms with Crippen LogP contribution in [0, 0.1) is 0 Å². The third-order valence-corrected chi connectivity index (χ3v) is 5.49. The summed E-state index contributed by atoms with van der Waals surface area (Å²) in [6.07, 6.45) is 3.91. The van der Waals surface area contributed by atoms with E-state index in [4.69, 9.17) is 9.47 Å². The molecule has 1 atom stereocenters. The van der Waals surface area contributed by atoms with Crippen LogP contribution in [0.3, 0.4) is 0 Å². The van der Waals surface area contributed by atoms with Crippen molar-refractivity contribution in [2.24, 2.45) is 7.05 Å². The number of rotatable bonds is 3. The quantitative estimate of drug-likeness (QED) is 0.747. The lowest BCUT2D eigenvalue weighted by Crippen LogP contribution is -2.44. The Morgan fingerprint density at radius 1 is 1.21 bits per heavy atom. The Bertz CT molecular complexity index is 1060. The molecule has 7 heteroatoms. The summed E-state index contributed by atoms with van der Waals surface area (Å²) in [5.74, 6) is 1.58. The van der Waals surface area contributed by atoms with E-state index in [0.29, 0.717) is 19.6 Å². The Morgan fingerprint density at radius 2 is 2.07 bits per heavy atom. The fraction of sp³-hybridized carbons (Fsp3) is 0.273. The third kappa shape index (κ3) is 3.40. The Hall–Kier alpha value is -3.48. The number of ether oxygens (including phenoxy) is 2. The molecule has 3 heterocycles. The number of aryl methyl sites for hydroxylation is 1. The molecule has 0 bridgehead atoms. The predicted octanol–water partition coefficient (Wildman–Crippen LogP) is 3.01. The molecule has 3 aromatic rings. The van der Waals surface area contributed by atoms with Gasteiger partial charge in [-0.1, -0.05) is 30.3 Å². The molecule has 7 nitrogen and oxygen atoms in total. The average molecular weight is 390 g/mol. The van der Waals surface area contributed by atoms with Crippen molar-refractivity contribution in [3.63, 3.8) is 0 Å². The van der Waals surface area contributed by atoms with Gasteiger partial charge in [0.1, 0.15) is 0 Å². The van der Waals surface area contributed by atoms with Gasteiger partial charge in [0.2, 0.25) is 6.79 Å². The second kappa shape index (κ2) is 7.16. The molecule has 5 rings (SSSR count). The molecule has 0 saturated heterocycles. The maximum Gasteiger partial charge on any atom is 0.317 e. The fourth-order valence-electron chi connectivity index (χ4n) is 4.01. The van der Waals surface area contributed by atoms with Gasteiger partial charge in [0.25, 0.3) is 0 Å². The molecule has 1 N–H and O–H groups in total. The van der Waals surface area contributed by atoms with Crippen molar-refractivity contribution in [2.45, 2.75) is 19.0 Å². The largest absolute Gasteiger partial charge is 0.454 e. The van der Waals surface area contributed by atoms with Crippen molar-refractivity contribution in [3.8, 4) is 11.5 Å². The number of urea groups is 1. The van der Waals surface area contributed by atoms with Crippen LogP contribution in [0.1, 0.15) is 28.2 Å². The number of amides is 2. The molecule has 0 fully saturated rings. The number of carbonyl (C=O) groups excluding carboxylic acids is 1. The molecular formula is C22H22N4O3. The van der Waals surface area contributed by atoms with Crippen LogP contribution in [0.5, 0.6) is 11.5 Å². The molecule has 1 unspecified atom stereocenters. The molecule has 2 aliphatic rings. The van der Waals surface area contributed by atoms with Crippen molar-refractivity contribution in [3.05, 3.63) is 77.1 Å². The van der Waals surface area contributed by atoms with E-state index in [1.54, 1.807) is 4.68 Å². The summed E-state index contributed by atoms with van der Waals surface area (Å²) in [6.45, 7) is 1.90. The van der Waals surface area contributed by atoms with Crippen molar-refractivity contribution in [1.82, 2.24) is 20.0 Å². The number of carbonyl (C=O) groups is 1. The Kier molecular flexibility index (Phi) is 4.35. The molecule has 2 aliphatic heterocycles. The van der Waals surface area contributed by atoms with Gasteiger partial charge < -0.3 is 19.7 Å². The summed E-state index contributed by atoms with van der Waals surface area (Å²) in [5, 5.41) is 7.35. The van der Waals surface area contributed by atoms with Gasteiger partial charge in [-0.2, -0.15) is 5.10 Å². The van der Waals surface area contributed by atoms with E-state index in [9.17, 15) is 4.79 Å². The highest BCUT2D eigenvalue weighted by molar-refractivity contribution is 5.75. The van der Waals surface area contributed by atoms with Crippen molar-refractivity contribution >= 4 is 6.03 Å². The minimum Gasteiger partial charge on any atom is -0.454 e. The van der Waals surface area contributed by atoms with E-state index in [1.165, 1.54) is 11.1 Å². The lowest BCUT2D eigenvalue weighted by molar-refractivity contribution is 0.174. The Morgan fingerprint density at radius 3 is 2.93 bits per heavy atom. The first-order valence-electron chi connectivity index (χ1n) is 9.65. The molecular weight excluding hydrogens is 368 g/mol. The summed E-state index contributed by atoms with van der Waals surface area (Å²) in [5.41, 5.74) is 4.53. The van der Waals surface area contributed by atoms with Gasteiger partial charge in [-0.15, -0.1) is 0 Å². The molecule has 2 amide bonds. The van der Waals surface area contributed by atoms with Crippen LogP contribution in [0.4, 0.5) is 4.79 Å². The van der Waals surface area contributed by atoms with Gasteiger partial charge in [-0.25, -0.2) is 4.79 Å². The molecule has 0 aliphatic carbocycles. The van der Waals surface area contributed by atoms with Gasteiger partial charge in [-0.3, -0.25) is 4.68 Å². The summed E-state index contributed by atoms with van der Waals surface area (Å²) in [6, 6.07) is 14.0. The van der Waals surface area contributed by atoms with Crippen molar-refractivity contribution in [2.75, 3.05) is 13.3 Å². The van der Waals surface area contributed by atoms with Crippen molar-refractivity contribution in [1.29, 1.82) is 0 Å². The van der Waals surface area contributed by atoms with Crippen LogP contribution < -0.4 is 14.8 Å².